The van der Waals surface area contributed by atoms with Crippen LogP contribution in [0.5, 0.6) is 0 Å². The minimum Gasteiger partial charge on any atom is -0.465 e. The standard InChI is InChI=1S/C22H37NO7/c1-8-28-18(25)22(13-15(3)4,19(26)29-9-2)14-17(24)16-11-10-12-23(16)20(27)30-21(5,6)7/h15-16H,8-14H2,1-7H3. The Morgan fingerprint density at radius 1 is 1.00 bits per heavy atom. The van der Waals surface area contributed by atoms with E-state index in [1.807, 2.05) is 13.8 Å². The highest BCUT2D eigenvalue weighted by atomic mass is 16.6. The van der Waals surface area contributed by atoms with Crippen LogP contribution in [0, 0.1) is 11.3 Å². The summed E-state index contributed by atoms with van der Waals surface area (Å²) in [4.78, 5) is 53.0. The highest BCUT2D eigenvalue weighted by molar-refractivity contribution is 6.05. The third kappa shape index (κ3) is 6.71. The average molecular weight is 428 g/mol. The van der Waals surface area contributed by atoms with E-state index >= 15 is 0 Å². The second-order valence-corrected chi connectivity index (χ2v) is 9.10. The second-order valence-electron chi connectivity index (χ2n) is 9.10. The van der Waals surface area contributed by atoms with Gasteiger partial charge in [0.15, 0.2) is 11.2 Å². The number of esters is 2. The zero-order valence-corrected chi connectivity index (χ0v) is 19.4. The summed E-state index contributed by atoms with van der Waals surface area (Å²) < 4.78 is 15.8. The molecule has 172 valence electrons. The van der Waals surface area contributed by atoms with Gasteiger partial charge in [-0.05, 0) is 59.8 Å². The summed E-state index contributed by atoms with van der Waals surface area (Å²) in [5.74, 6) is -1.93. The minimum atomic E-state index is -1.72. The van der Waals surface area contributed by atoms with Gasteiger partial charge in [0.05, 0.1) is 19.3 Å². The molecule has 8 heteroatoms. The number of carbonyl (C=O) groups is 4. The van der Waals surface area contributed by atoms with Crippen molar-refractivity contribution in [3.63, 3.8) is 0 Å². The molecule has 1 rings (SSSR count). The summed E-state index contributed by atoms with van der Waals surface area (Å²) in [5.41, 5.74) is -2.41. The number of amides is 1. The molecule has 30 heavy (non-hydrogen) atoms. The Labute approximate surface area is 179 Å². The lowest BCUT2D eigenvalue weighted by Gasteiger charge is -2.33. The molecule has 0 aromatic heterocycles. The van der Waals surface area contributed by atoms with Crippen molar-refractivity contribution in [3.05, 3.63) is 0 Å². The van der Waals surface area contributed by atoms with Crippen LogP contribution in [0.1, 0.15) is 74.1 Å². The Balaban J connectivity index is 3.20. The van der Waals surface area contributed by atoms with Crippen molar-refractivity contribution < 1.29 is 33.4 Å². The zero-order chi connectivity index (χ0) is 23.1. The molecule has 1 aliphatic rings. The maximum atomic E-state index is 13.3. The third-order valence-corrected chi connectivity index (χ3v) is 4.82. The molecule has 1 unspecified atom stereocenters. The van der Waals surface area contributed by atoms with E-state index in [-0.39, 0.29) is 37.8 Å². The van der Waals surface area contributed by atoms with Crippen LogP contribution in [-0.4, -0.2) is 60.1 Å². The molecule has 1 fully saturated rings. The summed E-state index contributed by atoms with van der Waals surface area (Å²) in [7, 11) is 0. The molecule has 1 heterocycles. The maximum absolute atomic E-state index is 13.3. The number of ether oxygens (including phenoxy) is 3. The average Bonchev–Trinajstić information content (AvgIpc) is 3.09. The predicted octanol–water partition coefficient (Wildman–Crippen LogP) is 3.50. The van der Waals surface area contributed by atoms with Crippen LogP contribution in [0.15, 0.2) is 0 Å². The van der Waals surface area contributed by atoms with Crippen molar-refractivity contribution in [1.82, 2.24) is 4.90 Å². The first-order chi connectivity index (χ1) is 13.9. The molecule has 0 saturated carbocycles. The van der Waals surface area contributed by atoms with Gasteiger partial charge in [0.1, 0.15) is 5.60 Å². The van der Waals surface area contributed by atoms with Crippen molar-refractivity contribution >= 4 is 23.8 Å². The number of carbonyl (C=O) groups excluding carboxylic acids is 4. The second kappa shape index (κ2) is 10.8. The highest BCUT2D eigenvalue weighted by Gasteiger charge is 2.52. The van der Waals surface area contributed by atoms with Crippen molar-refractivity contribution in [2.75, 3.05) is 19.8 Å². The molecule has 1 atom stereocenters. The molecular weight excluding hydrogens is 390 g/mol. The summed E-state index contributed by atoms with van der Waals surface area (Å²) in [6.07, 6.45) is 0.287. The van der Waals surface area contributed by atoms with Crippen molar-refractivity contribution in [2.24, 2.45) is 11.3 Å². The van der Waals surface area contributed by atoms with E-state index in [4.69, 9.17) is 14.2 Å². The Kier molecular flexibility index (Phi) is 9.31. The molecule has 0 bridgehead atoms. The topological polar surface area (TPSA) is 99.2 Å². The normalized spacial score (nSPS) is 17.1. The first kappa shape index (κ1) is 25.9. The highest BCUT2D eigenvalue weighted by Crippen LogP contribution is 2.36. The summed E-state index contributed by atoms with van der Waals surface area (Å²) in [5, 5.41) is 0. The van der Waals surface area contributed by atoms with E-state index < -0.39 is 35.1 Å². The summed E-state index contributed by atoms with van der Waals surface area (Å²) >= 11 is 0. The molecule has 0 aromatic rings. The van der Waals surface area contributed by atoms with Gasteiger partial charge in [-0.2, -0.15) is 0 Å². The SMILES string of the molecule is CCOC(=O)C(CC(=O)C1CCCN1C(=O)OC(C)(C)C)(CC(C)C)C(=O)OCC. The fraction of sp³-hybridized carbons (Fsp3) is 0.818. The first-order valence-corrected chi connectivity index (χ1v) is 10.7. The third-order valence-electron chi connectivity index (χ3n) is 4.82. The van der Waals surface area contributed by atoms with Gasteiger partial charge in [-0.25, -0.2) is 4.79 Å². The van der Waals surface area contributed by atoms with Gasteiger partial charge in [-0.15, -0.1) is 0 Å². The van der Waals surface area contributed by atoms with Crippen molar-refractivity contribution in [1.29, 1.82) is 0 Å². The Hall–Kier alpha value is -2.12. The van der Waals surface area contributed by atoms with E-state index in [2.05, 4.69) is 0 Å². The molecule has 1 saturated heterocycles. The summed E-state index contributed by atoms with van der Waals surface area (Å²) in [6, 6.07) is -0.741. The Bertz CT molecular complexity index is 618. The fourth-order valence-corrected chi connectivity index (χ4v) is 3.76. The monoisotopic (exact) mass is 427 g/mol. The number of rotatable bonds is 9. The Morgan fingerprint density at radius 2 is 1.53 bits per heavy atom. The first-order valence-electron chi connectivity index (χ1n) is 10.7. The van der Waals surface area contributed by atoms with E-state index in [1.165, 1.54) is 4.90 Å². The largest absolute Gasteiger partial charge is 0.465 e. The lowest BCUT2D eigenvalue weighted by Crippen LogP contribution is -2.49. The van der Waals surface area contributed by atoms with E-state index in [1.54, 1.807) is 34.6 Å². The van der Waals surface area contributed by atoms with Crippen molar-refractivity contribution in [2.45, 2.75) is 85.8 Å². The number of hydrogen-bond acceptors (Lipinski definition) is 7. The van der Waals surface area contributed by atoms with Gasteiger partial charge < -0.3 is 14.2 Å². The van der Waals surface area contributed by atoms with Crippen molar-refractivity contribution in [3.8, 4) is 0 Å². The Morgan fingerprint density at radius 3 is 1.97 bits per heavy atom. The quantitative estimate of drug-likeness (QED) is 0.315. The molecule has 0 aromatic carbocycles. The van der Waals surface area contributed by atoms with Crippen LogP contribution < -0.4 is 0 Å². The van der Waals surface area contributed by atoms with Gasteiger partial charge in [0.2, 0.25) is 0 Å². The molecule has 0 radical (unpaired) electrons. The maximum Gasteiger partial charge on any atom is 0.410 e. The number of Topliss-reactive ketones (excluding diaryl/α,β-unsaturated/α-hetero) is 1. The van der Waals surface area contributed by atoms with Gasteiger partial charge >= 0.3 is 18.0 Å². The number of nitrogens with zero attached hydrogens (tertiary/aromatic N) is 1. The van der Waals surface area contributed by atoms with Crippen LogP contribution in [0.4, 0.5) is 4.79 Å². The van der Waals surface area contributed by atoms with Crippen LogP contribution in [0.2, 0.25) is 0 Å². The number of ketones is 1. The van der Waals surface area contributed by atoms with Crippen LogP contribution in [0.3, 0.4) is 0 Å². The molecule has 1 amide bonds. The number of likely N-dealkylation sites (tertiary alicyclic amines) is 1. The van der Waals surface area contributed by atoms with Gasteiger partial charge in [0.25, 0.3) is 0 Å². The molecule has 0 spiro atoms. The lowest BCUT2D eigenvalue weighted by atomic mass is 9.75. The van der Waals surface area contributed by atoms with Crippen LogP contribution >= 0.6 is 0 Å². The van der Waals surface area contributed by atoms with Gasteiger partial charge in [0, 0.05) is 13.0 Å². The van der Waals surface area contributed by atoms with Crippen LogP contribution in [0.25, 0.3) is 0 Å². The molecule has 0 aliphatic carbocycles. The smallest absolute Gasteiger partial charge is 0.410 e. The molecule has 0 N–H and O–H groups in total. The van der Waals surface area contributed by atoms with Crippen LogP contribution in [-0.2, 0) is 28.6 Å². The lowest BCUT2D eigenvalue weighted by molar-refractivity contribution is -0.175. The van der Waals surface area contributed by atoms with E-state index in [0.29, 0.717) is 19.4 Å². The molecular formula is C22H37NO7. The summed E-state index contributed by atoms with van der Waals surface area (Å²) in [6.45, 7) is 12.8. The van der Waals surface area contributed by atoms with Gasteiger partial charge in [-0.3, -0.25) is 19.3 Å². The number of hydrogen-bond donors (Lipinski definition) is 0. The van der Waals surface area contributed by atoms with Gasteiger partial charge in [-0.1, -0.05) is 13.8 Å². The van der Waals surface area contributed by atoms with E-state index in [9.17, 15) is 19.2 Å². The fourth-order valence-electron chi connectivity index (χ4n) is 3.76. The van der Waals surface area contributed by atoms with E-state index in [0.717, 1.165) is 0 Å². The predicted molar refractivity (Wildman–Crippen MR) is 111 cm³/mol. The minimum absolute atomic E-state index is 0.0582. The zero-order valence-electron chi connectivity index (χ0n) is 19.4. The molecule has 1 aliphatic heterocycles. The molecule has 8 nitrogen and oxygen atoms in total.